The highest BCUT2D eigenvalue weighted by molar-refractivity contribution is 14.1. The Hall–Kier alpha value is 0.450. The lowest BCUT2D eigenvalue weighted by Crippen LogP contribution is -2.12. The number of nitrogens with two attached hydrogens (primary N) is 3. The van der Waals surface area contributed by atoms with E-state index < -0.39 is 35.9 Å². The molecule has 252 valence electrons. The minimum Gasteiger partial charge on any atom is -0.478 e. The van der Waals surface area contributed by atoms with E-state index >= 15 is 0 Å². The van der Waals surface area contributed by atoms with Crippen LogP contribution in [0.5, 0.6) is 35.3 Å². The largest absolute Gasteiger partial charge is 0.478 e. The van der Waals surface area contributed by atoms with Gasteiger partial charge in [0, 0.05) is 0 Å². The number of carboxylic acid groups (broad SMARTS) is 3. The highest BCUT2D eigenvalue weighted by Crippen LogP contribution is 2.44. The fourth-order valence-corrected chi connectivity index (χ4v) is 15.1. The molecule has 0 saturated heterocycles. The van der Waals surface area contributed by atoms with Gasteiger partial charge in [0.1, 0.15) is 0 Å². The first kappa shape index (κ1) is 41.2. The van der Waals surface area contributed by atoms with Gasteiger partial charge in [0.2, 0.25) is 0 Å². The number of carbonyl (C=O) groups is 3. The molecule has 1 heterocycles. The number of ether oxygens (including phenoxy) is 3. The van der Waals surface area contributed by atoms with Gasteiger partial charge >= 0.3 is 35.9 Å². The Morgan fingerprint density at radius 1 is 0.417 bits per heavy atom. The third-order valence-corrected chi connectivity index (χ3v) is 15.4. The maximum absolute atomic E-state index is 12.1. The van der Waals surface area contributed by atoms with Gasteiger partial charge in [-0.15, -0.1) is 15.0 Å². The molecule has 9 N–H and O–H groups in total. The molecule has 0 atom stereocenters. The normalized spacial score (nSPS) is 10.9. The van der Waals surface area contributed by atoms with Crippen molar-refractivity contribution in [2.45, 2.75) is 0 Å². The summed E-state index contributed by atoms with van der Waals surface area (Å²) in [5.74, 6) is -3.69. The van der Waals surface area contributed by atoms with Crippen molar-refractivity contribution in [3.63, 3.8) is 0 Å². The second-order valence-electron chi connectivity index (χ2n) is 8.58. The van der Waals surface area contributed by atoms with Crippen molar-refractivity contribution < 1.29 is 43.9 Å². The van der Waals surface area contributed by atoms with Crippen molar-refractivity contribution in [3.8, 4) is 35.3 Å². The molecule has 3 aromatic carbocycles. The van der Waals surface area contributed by atoms with E-state index in [0.29, 0.717) is 21.4 Å². The van der Waals surface area contributed by atoms with Gasteiger partial charge in [0.25, 0.3) is 0 Å². The van der Waals surface area contributed by atoms with E-state index in [1.165, 1.54) is 0 Å². The van der Waals surface area contributed by atoms with Gasteiger partial charge in [0.05, 0.1) is 65.9 Å². The Labute approximate surface area is 391 Å². The molecule has 0 saturated carbocycles. The molecular weight excluding hydrogens is 1660 g/mol. The summed E-state index contributed by atoms with van der Waals surface area (Å²) >= 11 is 16.6. The van der Waals surface area contributed by atoms with Crippen LogP contribution in [-0.2, 0) is 0 Å². The van der Waals surface area contributed by atoms with E-state index in [4.69, 9.17) is 31.4 Å². The molecule has 4 rings (SSSR count). The van der Waals surface area contributed by atoms with Crippen LogP contribution in [0.2, 0.25) is 0 Å². The summed E-state index contributed by atoms with van der Waals surface area (Å²) in [6.45, 7) is 0. The zero-order valence-corrected chi connectivity index (χ0v) is 41.7. The maximum Gasteiger partial charge on any atom is 0.338 e. The number of aromatic nitrogens is 3. The molecule has 0 aliphatic heterocycles. The third kappa shape index (κ3) is 8.16. The van der Waals surface area contributed by atoms with Gasteiger partial charge in [-0.05, 0) is 203 Å². The zero-order chi connectivity index (χ0) is 36.1. The number of rotatable bonds is 9. The molecule has 0 aliphatic carbocycles. The maximum atomic E-state index is 12.1. The first-order valence-corrected chi connectivity index (χ1v) is 21.4. The predicted octanol–water partition coefficient (Wildman–Crippen LogP) is 8.53. The van der Waals surface area contributed by atoms with Crippen LogP contribution in [-0.4, -0.2) is 48.2 Å². The Morgan fingerprint density at radius 3 is 0.812 bits per heavy atom. The SMILES string of the molecule is Nc1c(I)c(Oc2nc(Oc3c(I)c(N)c(I)c(C(=O)O)c3I)nc(Oc3c(I)c(N)c(I)c(C(=O)O)c3I)n2)c(I)c(C(=O)O)c1I. The first-order chi connectivity index (χ1) is 22.3. The number of hydrogen-bond acceptors (Lipinski definition) is 12. The molecule has 0 spiro atoms. The minimum absolute atomic E-state index is 0.0151. The van der Waals surface area contributed by atoms with Crippen molar-refractivity contribution in [1.82, 2.24) is 15.0 Å². The molecule has 0 unspecified atom stereocenters. The van der Waals surface area contributed by atoms with Crippen LogP contribution >= 0.6 is 203 Å². The van der Waals surface area contributed by atoms with Crippen LogP contribution in [0.3, 0.4) is 0 Å². The fourth-order valence-electron chi connectivity index (χ4n) is 3.54. The van der Waals surface area contributed by atoms with Gasteiger partial charge < -0.3 is 46.7 Å². The van der Waals surface area contributed by atoms with Crippen molar-refractivity contribution in [1.29, 1.82) is 0 Å². The molecule has 4 aromatic rings. The number of halogens is 9. The second-order valence-corrected chi connectivity index (χ2v) is 18.3. The summed E-state index contributed by atoms with van der Waals surface area (Å²) in [6.07, 6.45) is 0. The van der Waals surface area contributed by atoms with Crippen molar-refractivity contribution in [2.24, 2.45) is 0 Å². The van der Waals surface area contributed by atoms with Gasteiger partial charge in [-0.3, -0.25) is 0 Å². The van der Waals surface area contributed by atoms with Gasteiger partial charge in [-0.1, -0.05) is 0 Å². The van der Waals surface area contributed by atoms with E-state index in [-0.39, 0.29) is 61.7 Å². The molecule has 15 nitrogen and oxygen atoms in total. The number of hydrogen-bond donors (Lipinski definition) is 6. The summed E-state index contributed by atoms with van der Waals surface area (Å²) in [5.41, 5.74) is 18.8. The number of aromatic carboxylic acids is 3. The quantitative estimate of drug-likeness (QED) is 0.0678. The van der Waals surface area contributed by atoms with Crippen LogP contribution in [0, 0.1) is 32.1 Å². The number of nitrogens with zero attached hydrogens (tertiary/aromatic N) is 3. The molecule has 0 fully saturated rings. The van der Waals surface area contributed by atoms with Crippen molar-refractivity contribution >= 4 is 238 Å². The average Bonchev–Trinajstić information content (AvgIpc) is 3.00. The molecule has 0 amide bonds. The molecule has 24 heteroatoms. The molecule has 48 heavy (non-hydrogen) atoms. The van der Waals surface area contributed by atoms with Gasteiger partial charge in [-0.2, -0.15) is 0 Å². The summed E-state index contributed by atoms with van der Waals surface area (Å²) in [7, 11) is 0. The monoisotopic (exact) mass is 1670 g/mol. The van der Waals surface area contributed by atoms with Crippen LogP contribution < -0.4 is 31.4 Å². The van der Waals surface area contributed by atoms with Crippen LogP contribution in [0.15, 0.2) is 0 Å². The summed E-state index contributed by atoms with van der Waals surface area (Å²) in [5, 5.41) is 29.6. The van der Waals surface area contributed by atoms with E-state index in [0.717, 1.165) is 0 Å². The molecule has 1 aromatic heterocycles. The average molecular weight is 1670 g/mol. The number of benzene rings is 3. The second kappa shape index (κ2) is 16.6. The van der Waals surface area contributed by atoms with E-state index in [1.807, 2.05) is 136 Å². The standard InChI is InChI=1S/C24H9I9N6O9/c25-4-1(19(40)41)7(28)16(10(31)13(4)34)46-22-37-23(47-17-8(29)2(20(42)43)5(26)14(35)11(17)32)39-24(38-22)48-18-9(30)3(21(44)45)6(27)15(36)12(18)33/h34-36H2,(H,40,41)(H,42,43)(H,44,45). The van der Waals surface area contributed by atoms with Crippen LogP contribution in [0.25, 0.3) is 0 Å². The highest BCUT2D eigenvalue weighted by Gasteiger charge is 2.29. The Kier molecular flexibility index (Phi) is 14.3. The van der Waals surface area contributed by atoms with E-state index in [9.17, 15) is 29.7 Å². The van der Waals surface area contributed by atoms with Crippen LogP contribution in [0.1, 0.15) is 31.1 Å². The topological polar surface area (TPSA) is 256 Å². The fraction of sp³-hybridized carbons (Fsp3) is 0. The number of nitrogen functional groups attached to an aromatic ring is 3. The molecule has 0 aliphatic rings. The van der Waals surface area contributed by atoms with Crippen molar-refractivity contribution in [3.05, 3.63) is 48.8 Å². The van der Waals surface area contributed by atoms with Gasteiger partial charge in [-0.25, -0.2) is 14.4 Å². The van der Waals surface area contributed by atoms with Gasteiger partial charge in [0.15, 0.2) is 17.2 Å². The summed E-state index contributed by atoms with van der Waals surface area (Å²) in [4.78, 5) is 49.0. The summed E-state index contributed by atoms with van der Waals surface area (Å²) in [6, 6.07) is -1.31. The first-order valence-electron chi connectivity index (χ1n) is 11.7. The number of anilines is 3. The molecular formula is C24H9I9N6O9. The third-order valence-electron chi connectivity index (χ3n) is 5.73. The molecule has 0 bridgehead atoms. The summed E-state index contributed by atoms with van der Waals surface area (Å²) < 4.78 is 20.6. The molecule has 0 radical (unpaired) electrons. The predicted molar refractivity (Wildman–Crippen MR) is 248 cm³/mol. The van der Waals surface area contributed by atoms with Crippen LogP contribution in [0.4, 0.5) is 17.1 Å². The Morgan fingerprint density at radius 2 is 0.625 bits per heavy atom. The Balaban J connectivity index is 1.98. The lowest BCUT2D eigenvalue weighted by atomic mass is 10.2. The zero-order valence-electron chi connectivity index (χ0n) is 22.3. The lowest BCUT2D eigenvalue weighted by molar-refractivity contribution is 0.0683. The van der Waals surface area contributed by atoms with E-state index in [2.05, 4.69) is 15.0 Å². The highest BCUT2D eigenvalue weighted by atomic mass is 127. The van der Waals surface area contributed by atoms with Crippen molar-refractivity contribution in [2.75, 3.05) is 17.2 Å². The number of carboxylic acids is 3. The Bertz CT molecular complexity index is 1860. The lowest BCUT2D eigenvalue weighted by Gasteiger charge is -2.18. The minimum atomic E-state index is -1.25. The smallest absolute Gasteiger partial charge is 0.338 e. The van der Waals surface area contributed by atoms with E-state index in [1.54, 1.807) is 67.8 Å².